The first-order valence-electron chi connectivity index (χ1n) is 7.97. The standard InChI is InChI=1S/C16H22N4O3/c1-10-11(4-3-9-23-10)16(22)18-12-5-6-14(21)19-15(12)13-7-8-17-20(13)2/h7-8,12,15H,3-6,9H2,1-2H3,(H,18,22)(H,19,21)/t12-,15-/m1/s1. The Morgan fingerprint density at radius 3 is 3.00 bits per heavy atom. The van der Waals surface area contributed by atoms with Gasteiger partial charge in [-0.05, 0) is 32.3 Å². The van der Waals surface area contributed by atoms with Crippen molar-refractivity contribution in [1.82, 2.24) is 20.4 Å². The highest BCUT2D eigenvalue weighted by Gasteiger charge is 2.33. The molecule has 0 spiro atoms. The molecule has 124 valence electrons. The van der Waals surface area contributed by atoms with Gasteiger partial charge >= 0.3 is 0 Å². The summed E-state index contributed by atoms with van der Waals surface area (Å²) in [6.45, 7) is 2.50. The van der Waals surface area contributed by atoms with Gasteiger partial charge in [0.1, 0.15) is 5.76 Å². The van der Waals surface area contributed by atoms with Crippen molar-refractivity contribution >= 4 is 11.8 Å². The van der Waals surface area contributed by atoms with Gasteiger partial charge in [-0.25, -0.2) is 0 Å². The number of nitrogens with one attached hydrogen (secondary N) is 2. The Hall–Kier alpha value is -2.31. The monoisotopic (exact) mass is 318 g/mol. The summed E-state index contributed by atoms with van der Waals surface area (Å²) in [6.07, 6.45) is 4.30. The molecule has 3 heterocycles. The van der Waals surface area contributed by atoms with Crippen LogP contribution in [0.15, 0.2) is 23.6 Å². The number of aromatic nitrogens is 2. The maximum absolute atomic E-state index is 12.6. The summed E-state index contributed by atoms with van der Waals surface area (Å²) in [5.74, 6) is 0.597. The van der Waals surface area contributed by atoms with E-state index in [2.05, 4.69) is 15.7 Å². The van der Waals surface area contributed by atoms with Crippen LogP contribution in [0.4, 0.5) is 0 Å². The Kier molecular flexibility index (Phi) is 4.36. The molecule has 1 saturated heterocycles. The van der Waals surface area contributed by atoms with E-state index in [1.54, 1.807) is 10.9 Å². The first-order chi connectivity index (χ1) is 11.1. The van der Waals surface area contributed by atoms with Gasteiger partial charge in [-0.1, -0.05) is 0 Å². The molecule has 3 rings (SSSR count). The lowest BCUT2D eigenvalue weighted by Crippen LogP contribution is -2.51. The van der Waals surface area contributed by atoms with Crippen LogP contribution in [0, 0.1) is 0 Å². The highest BCUT2D eigenvalue weighted by Crippen LogP contribution is 2.25. The minimum absolute atomic E-state index is 0.00176. The maximum atomic E-state index is 12.6. The smallest absolute Gasteiger partial charge is 0.250 e. The number of hydrogen-bond donors (Lipinski definition) is 2. The summed E-state index contributed by atoms with van der Waals surface area (Å²) in [5, 5.41) is 10.2. The highest BCUT2D eigenvalue weighted by atomic mass is 16.5. The number of carbonyl (C=O) groups excluding carboxylic acids is 2. The Labute approximate surface area is 135 Å². The van der Waals surface area contributed by atoms with Crippen molar-refractivity contribution in [2.24, 2.45) is 7.05 Å². The zero-order valence-electron chi connectivity index (χ0n) is 13.5. The molecule has 0 aromatic carbocycles. The molecule has 0 aliphatic carbocycles. The normalized spacial score (nSPS) is 24.9. The Balaban J connectivity index is 1.78. The van der Waals surface area contributed by atoms with E-state index in [9.17, 15) is 9.59 Å². The van der Waals surface area contributed by atoms with Crippen LogP contribution in [0.25, 0.3) is 0 Å². The molecule has 2 atom stereocenters. The molecule has 7 heteroatoms. The number of piperidine rings is 1. The lowest BCUT2D eigenvalue weighted by Gasteiger charge is -2.33. The molecule has 1 fully saturated rings. The molecule has 0 unspecified atom stereocenters. The average molecular weight is 318 g/mol. The molecule has 0 saturated carbocycles. The number of ether oxygens (including phenoxy) is 1. The molecular formula is C16H22N4O3. The Bertz CT molecular complexity index is 650. The quantitative estimate of drug-likeness (QED) is 0.868. The first kappa shape index (κ1) is 15.6. The van der Waals surface area contributed by atoms with Gasteiger partial charge in [-0.2, -0.15) is 5.10 Å². The molecule has 2 aliphatic rings. The van der Waals surface area contributed by atoms with Crippen molar-refractivity contribution in [2.75, 3.05) is 6.61 Å². The molecule has 2 amide bonds. The van der Waals surface area contributed by atoms with Crippen LogP contribution in [-0.4, -0.2) is 34.2 Å². The van der Waals surface area contributed by atoms with Crippen LogP contribution in [-0.2, 0) is 21.4 Å². The minimum Gasteiger partial charge on any atom is -0.498 e. The van der Waals surface area contributed by atoms with E-state index in [0.29, 0.717) is 30.8 Å². The number of carbonyl (C=O) groups is 2. The van der Waals surface area contributed by atoms with Gasteiger partial charge in [0.25, 0.3) is 5.91 Å². The third kappa shape index (κ3) is 3.23. The van der Waals surface area contributed by atoms with Gasteiger partial charge in [0.15, 0.2) is 0 Å². The summed E-state index contributed by atoms with van der Waals surface area (Å²) in [5.41, 5.74) is 1.59. The topological polar surface area (TPSA) is 85.3 Å². The average Bonchev–Trinajstić information content (AvgIpc) is 2.95. The second kappa shape index (κ2) is 6.44. The third-order valence-electron chi connectivity index (χ3n) is 4.48. The summed E-state index contributed by atoms with van der Waals surface area (Å²) in [6, 6.07) is 1.44. The predicted octanol–water partition coefficient (Wildman–Crippen LogP) is 0.940. The van der Waals surface area contributed by atoms with E-state index >= 15 is 0 Å². The second-order valence-electron chi connectivity index (χ2n) is 6.03. The van der Waals surface area contributed by atoms with Gasteiger partial charge in [-0.15, -0.1) is 0 Å². The molecule has 0 radical (unpaired) electrons. The Morgan fingerprint density at radius 1 is 1.48 bits per heavy atom. The number of nitrogens with zero attached hydrogens (tertiary/aromatic N) is 2. The van der Waals surface area contributed by atoms with E-state index in [1.807, 2.05) is 20.0 Å². The van der Waals surface area contributed by atoms with Gasteiger partial charge in [0.05, 0.1) is 30.0 Å². The van der Waals surface area contributed by atoms with Crippen molar-refractivity contribution in [3.05, 3.63) is 29.3 Å². The van der Waals surface area contributed by atoms with Crippen molar-refractivity contribution in [3.8, 4) is 0 Å². The zero-order valence-corrected chi connectivity index (χ0v) is 13.5. The lowest BCUT2D eigenvalue weighted by atomic mass is 9.94. The van der Waals surface area contributed by atoms with Crippen molar-refractivity contribution in [1.29, 1.82) is 0 Å². The molecule has 1 aromatic rings. The third-order valence-corrected chi connectivity index (χ3v) is 4.48. The van der Waals surface area contributed by atoms with E-state index in [-0.39, 0.29) is 23.9 Å². The van der Waals surface area contributed by atoms with E-state index in [4.69, 9.17) is 4.74 Å². The fourth-order valence-corrected chi connectivity index (χ4v) is 3.19. The van der Waals surface area contributed by atoms with Crippen LogP contribution >= 0.6 is 0 Å². The fourth-order valence-electron chi connectivity index (χ4n) is 3.19. The Morgan fingerprint density at radius 2 is 2.30 bits per heavy atom. The molecule has 2 N–H and O–H groups in total. The number of allylic oxidation sites excluding steroid dienone is 1. The number of hydrogen-bond acceptors (Lipinski definition) is 4. The second-order valence-corrected chi connectivity index (χ2v) is 6.03. The van der Waals surface area contributed by atoms with Gasteiger partial charge in [0.2, 0.25) is 5.91 Å². The van der Waals surface area contributed by atoms with Crippen LogP contribution < -0.4 is 10.6 Å². The zero-order chi connectivity index (χ0) is 16.4. The SMILES string of the molecule is CC1=C(C(=O)N[C@@H]2CCC(=O)N[C@H]2c2ccnn2C)CCCO1. The first-order valence-corrected chi connectivity index (χ1v) is 7.97. The largest absolute Gasteiger partial charge is 0.498 e. The predicted molar refractivity (Wildman–Crippen MR) is 83.1 cm³/mol. The van der Waals surface area contributed by atoms with Crippen LogP contribution in [0.3, 0.4) is 0 Å². The van der Waals surface area contributed by atoms with Crippen LogP contribution in [0.2, 0.25) is 0 Å². The molecule has 7 nitrogen and oxygen atoms in total. The van der Waals surface area contributed by atoms with E-state index < -0.39 is 0 Å². The van der Waals surface area contributed by atoms with E-state index in [0.717, 1.165) is 18.5 Å². The lowest BCUT2D eigenvalue weighted by molar-refractivity contribution is -0.126. The molecule has 0 bridgehead atoms. The fraction of sp³-hybridized carbons (Fsp3) is 0.562. The van der Waals surface area contributed by atoms with Gasteiger partial charge in [-0.3, -0.25) is 14.3 Å². The summed E-state index contributed by atoms with van der Waals surface area (Å²) < 4.78 is 7.20. The van der Waals surface area contributed by atoms with Crippen LogP contribution in [0.1, 0.15) is 44.3 Å². The van der Waals surface area contributed by atoms with Crippen molar-refractivity contribution < 1.29 is 14.3 Å². The maximum Gasteiger partial charge on any atom is 0.250 e. The molecule has 1 aromatic heterocycles. The van der Waals surface area contributed by atoms with Gasteiger partial charge in [0, 0.05) is 19.7 Å². The number of amides is 2. The highest BCUT2D eigenvalue weighted by molar-refractivity contribution is 5.94. The van der Waals surface area contributed by atoms with Crippen molar-refractivity contribution in [2.45, 2.75) is 44.7 Å². The summed E-state index contributed by atoms with van der Waals surface area (Å²) in [4.78, 5) is 24.4. The molecule has 23 heavy (non-hydrogen) atoms. The summed E-state index contributed by atoms with van der Waals surface area (Å²) >= 11 is 0. The minimum atomic E-state index is -0.266. The van der Waals surface area contributed by atoms with Gasteiger partial charge < -0.3 is 15.4 Å². The summed E-state index contributed by atoms with van der Waals surface area (Å²) in [7, 11) is 1.83. The van der Waals surface area contributed by atoms with E-state index in [1.165, 1.54) is 0 Å². The number of rotatable bonds is 3. The molecule has 2 aliphatic heterocycles. The molecular weight excluding hydrogens is 296 g/mol. The van der Waals surface area contributed by atoms with Crippen LogP contribution in [0.5, 0.6) is 0 Å². The van der Waals surface area contributed by atoms with Crippen molar-refractivity contribution in [3.63, 3.8) is 0 Å². The number of aryl methyl sites for hydroxylation is 1.